The van der Waals surface area contributed by atoms with Gasteiger partial charge >= 0.3 is 0 Å². The van der Waals surface area contributed by atoms with Gasteiger partial charge < -0.3 is 14.8 Å². The van der Waals surface area contributed by atoms with Crippen molar-refractivity contribution in [2.75, 3.05) is 25.1 Å². The van der Waals surface area contributed by atoms with Gasteiger partial charge in [0.2, 0.25) is 0 Å². The topological polar surface area (TPSA) is 56.3 Å². The molecule has 4 rings (SSSR count). The van der Waals surface area contributed by atoms with Gasteiger partial charge in [-0.3, -0.25) is 0 Å². The maximum atomic E-state index is 5.64. The summed E-state index contributed by atoms with van der Waals surface area (Å²) in [6.45, 7) is 6.30. The number of nitrogens with one attached hydrogen (secondary N) is 1. The van der Waals surface area contributed by atoms with Crippen LogP contribution in [0.2, 0.25) is 0 Å². The maximum Gasteiger partial charge on any atom is 0.161 e. The molecule has 1 aliphatic rings. The van der Waals surface area contributed by atoms with Crippen molar-refractivity contribution in [2.24, 2.45) is 0 Å². The van der Waals surface area contributed by atoms with Crippen molar-refractivity contribution in [1.82, 2.24) is 9.97 Å². The van der Waals surface area contributed by atoms with Crippen LogP contribution in [0.4, 0.5) is 5.82 Å². The minimum Gasteiger partial charge on any atom is -0.486 e. The number of thiophene rings is 1. The average Bonchev–Trinajstić information content (AvgIpc) is 2.90. The van der Waals surface area contributed by atoms with Crippen LogP contribution in [0.5, 0.6) is 11.5 Å². The molecule has 1 aromatic carbocycles. The quantitative estimate of drug-likeness (QED) is 0.783. The van der Waals surface area contributed by atoms with Crippen LogP contribution in [-0.4, -0.2) is 29.7 Å². The first kappa shape index (κ1) is 15.2. The number of hydrogen-bond acceptors (Lipinski definition) is 6. The van der Waals surface area contributed by atoms with E-state index in [0.29, 0.717) is 13.2 Å². The monoisotopic (exact) mass is 341 g/mol. The second-order valence-corrected chi connectivity index (χ2v) is 7.04. The Morgan fingerprint density at radius 2 is 1.96 bits per heavy atom. The third-order valence-corrected chi connectivity index (χ3v) is 5.39. The molecule has 5 nitrogen and oxygen atoms in total. The van der Waals surface area contributed by atoms with Gasteiger partial charge in [-0.2, -0.15) is 0 Å². The molecule has 0 radical (unpaired) electrons. The smallest absolute Gasteiger partial charge is 0.161 e. The summed E-state index contributed by atoms with van der Waals surface area (Å²) in [5.74, 6) is 2.59. The van der Waals surface area contributed by atoms with Gasteiger partial charge in [-0.15, -0.1) is 11.3 Å². The van der Waals surface area contributed by atoms with Gasteiger partial charge in [0.05, 0.1) is 5.39 Å². The molecule has 0 bridgehead atoms. The Morgan fingerprint density at radius 3 is 2.83 bits per heavy atom. The first-order valence-electron chi connectivity index (χ1n) is 8.05. The van der Waals surface area contributed by atoms with E-state index in [0.717, 1.165) is 40.5 Å². The summed E-state index contributed by atoms with van der Waals surface area (Å²) >= 11 is 1.72. The van der Waals surface area contributed by atoms with Gasteiger partial charge in [0.1, 0.15) is 30.2 Å². The van der Waals surface area contributed by atoms with Gasteiger partial charge in [0, 0.05) is 11.4 Å². The second kappa shape index (κ2) is 6.28. The molecule has 0 fully saturated rings. The van der Waals surface area contributed by atoms with E-state index in [4.69, 9.17) is 9.47 Å². The van der Waals surface area contributed by atoms with Crippen molar-refractivity contribution in [3.63, 3.8) is 0 Å². The lowest BCUT2D eigenvalue weighted by atomic mass is 10.1. The zero-order valence-corrected chi connectivity index (χ0v) is 14.6. The molecule has 0 amide bonds. The van der Waals surface area contributed by atoms with Crippen LogP contribution in [0.1, 0.15) is 16.0 Å². The molecule has 6 heteroatoms. The molecule has 0 saturated carbocycles. The average molecular weight is 341 g/mol. The highest BCUT2D eigenvalue weighted by atomic mass is 32.1. The van der Waals surface area contributed by atoms with E-state index < -0.39 is 0 Å². The Balaban J connectivity index is 1.48. The predicted molar refractivity (Wildman–Crippen MR) is 96.5 cm³/mol. The number of ether oxygens (including phenoxy) is 2. The Morgan fingerprint density at radius 1 is 1.12 bits per heavy atom. The van der Waals surface area contributed by atoms with E-state index in [-0.39, 0.29) is 0 Å². The Hall–Kier alpha value is -2.34. The number of rotatable bonds is 4. The van der Waals surface area contributed by atoms with Crippen molar-refractivity contribution in [3.8, 4) is 11.5 Å². The number of benzene rings is 1. The summed E-state index contributed by atoms with van der Waals surface area (Å²) in [6.07, 6.45) is 2.52. The highest BCUT2D eigenvalue weighted by Gasteiger charge is 2.13. The van der Waals surface area contributed by atoms with Gasteiger partial charge in [-0.05, 0) is 43.5 Å². The van der Waals surface area contributed by atoms with E-state index in [1.165, 1.54) is 16.0 Å². The fourth-order valence-electron chi connectivity index (χ4n) is 2.88. The lowest BCUT2D eigenvalue weighted by Gasteiger charge is -2.19. The van der Waals surface area contributed by atoms with Crippen molar-refractivity contribution in [1.29, 1.82) is 0 Å². The molecular weight excluding hydrogens is 322 g/mol. The van der Waals surface area contributed by atoms with Crippen molar-refractivity contribution in [2.45, 2.75) is 20.3 Å². The fraction of sp³-hybridized carbons (Fsp3) is 0.333. The Kier molecular flexibility index (Phi) is 3.98. The number of anilines is 1. The summed E-state index contributed by atoms with van der Waals surface area (Å²) in [4.78, 5) is 11.1. The lowest BCUT2D eigenvalue weighted by molar-refractivity contribution is 0.171. The Labute approximate surface area is 144 Å². The molecule has 3 aromatic rings. The summed E-state index contributed by atoms with van der Waals surface area (Å²) in [5, 5.41) is 4.59. The van der Waals surface area contributed by atoms with Crippen LogP contribution in [0, 0.1) is 13.8 Å². The fourth-order valence-corrected chi connectivity index (χ4v) is 3.88. The summed E-state index contributed by atoms with van der Waals surface area (Å²) in [5.41, 5.74) is 2.48. The maximum absolute atomic E-state index is 5.64. The third kappa shape index (κ3) is 2.78. The molecule has 0 atom stereocenters. The van der Waals surface area contributed by atoms with Gasteiger partial charge in [0.15, 0.2) is 11.5 Å². The first-order chi connectivity index (χ1) is 11.7. The number of fused-ring (bicyclic) bond motifs is 2. The standard InChI is InChI=1S/C18H19N3O2S/c1-11-12(2)24-18-16(11)17(20-10-21-18)19-6-5-13-3-4-14-15(9-13)23-8-7-22-14/h3-4,9-10H,5-8H2,1-2H3,(H,19,20,21). The van der Waals surface area contributed by atoms with Gasteiger partial charge in [-0.1, -0.05) is 6.07 Å². The van der Waals surface area contributed by atoms with E-state index in [9.17, 15) is 0 Å². The second-order valence-electron chi connectivity index (χ2n) is 5.84. The number of aromatic nitrogens is 2. The zero-order chi connectivity index (χ0) is 16.5. The minimum absolute atomic E-state index is 0.615. The first-order valence-corrected chi connectivity index (χ1v) is 8.87. The number of aryl methyl sites for hydroxylation is 2. The van der Waals surface area contributed by atoms with Crippen molar-refractivity contribution >= 4 is 27.4 Å². The van der Waals surface area contributed by atoms with Gasteiger partial charge in [0.25, 0.3) is 0 Å². The van der Waals surface area contributed by atoms with Crippen LogP contribution in [0.25, 0.3) is 10.2 Å². The molecule has 124 valence electrons. The summed E-state index contributed by atoms with van der Waals surface area (Å²) < 4.78 is 11.2. The molecule has 0 aliphatic carbocycles. The van der Waals surface area contributed by atoms with Crippen LogP contribution < -0.4 is 14.8 Å². The third-order valence-electron chi connectivity index (χ3n) is 4.28. The molecule has 0 unspecified atom stereocenters. The molecule has 0 spiro atoms. The van der Waals surface area contributed by atoms with E-state index >= 15 is 0 Å². The van der Waals surface area contributed by atoms with Crippen LogP contribution >= 0.6 is 11.3 Å². The number of hydrogen-bond donors (Lipinski definition) is 1. The highest BCUT2D eigenvalue weighted by molar-refractivity contribution is 7.18. The highest BCUT2D eigenvalue weighted by Crippen LogP contribution is 2.33. The van der Waals surface area contributed by atoms with Crippen LogP contribution in [0.3, 0.4) is 0 Å². The minimum atomic E-state index is 0.615. The molecule has 3 heterocycles. The molecule has 2 aromatic heterocycles. The van der Waals surface area contributed by atoms with E-state index in [1.807, 2.05) is 6.07 Å². The molecular formula is C18H19N3O2S. The van der Waals surface area contributed by atoms with Gasteiger partial charge in [-0.25, -0.2) is 9.97 Å². The van der Waals surface area contributed by atoms with Crippen molar-refractivity contribution in [3.05, 3.63) is 40.5 Å². The van der Waals surface area contributed by atoms with Crippen molar-refractivity contribution < 1.29 is 9.47 Å². The molecule has 24 heavy (non-hydrogen) atoms. The SMILES string of the molecule is Cc1sc2ncnc(NCCc3ccc4c(c3)OCCO4)c2c1C. The molecule has 0 saturated heterocycles. The number of nitrogens with zero attached hydrogens (tertiary/aromatic N) is 2. The van der Waals surface area contributed by atoms with E-state index in [1.54, 1.807) is 17.7 Å². The van der Waals surface area contributed by atoms with Crippen LogP contribution in [-0.2, 0) is 6.42 Å². The molecule has 1 aliphatic heterocycles. The predicted octanol–water partition coefficient (Wildman–Crippen LogP) is 3.73. The molecule has 1 N–H and O–H groups in total. The summed E-state index contributed by atoms with van der Waals surface area (Å²) in [6, 6.07) is 6.13. The summed E-state index contributed by atoms with van der Waals surface area (Å²) in [7, 11) is 0. The normalized spacial score (nSPS) is 13.2. The van der Waals surface area contributed by atoms with E-state index in [2.05, 4.69) is 41.3 Å². The Bertz CT molecular complexity index is 891. The zero-order valence-electron chi connectivity index (χ0n) is 13.8. The van der Waals surface area contributed by atoms with Crippen LogP contribution in [0.15, 0.2) is 24.5 Å². The lowest BCUT2D eigenvalue weighted by Crippen LogP contribution is -2.15. The largest absolute Gasteiger partial charge is 0.486 e.